The number of cyclic esters (lactones) is 1. The monoisotopic (exact) mass is 390 g/mol. The Kier molecular flexibility index (Phi) is 4.23. The van der Waals surface area contributed by atoms with Gasteiger partial charge in [-0.15, -0.1) is 0 Å². The van der Waals surface area contributed by atoms with Gasteiger partial charge in [-0.05, 0) is 12.1 Å². The van der Waals surface area contributed by atoms with Gasteiger partial charge < -0.3 is 14.2 Å². The van der Waals surface area contributed by atoms with Gasteiger partial charge in [-0.2, -0.15) is 4.98 Å². The molecular weight excluding hydrogens is 372 g/mol. The molecule has 2 saturated heterocycles. The van der Waals surface area contributed by atoms with E-state index in [1.807, 2.05) is 42.5 Å². The minimum Gasteiger partial charge on any atom is -0.447 e. The molecule has 0 aliphatic carbocycles. The summed E-state index contributed by atoms with van der Waals surface area (Å²) in [6.45, 7) is 1.68. The second-order valence-electron chi connectivity index (χ2n) is 7.01. The molecule has 1 atom stereocenters. The lowest BCUT2D eigenvalue weighted by molar-refractivity contribution is 0.0617. The number of nitrogens with zero attached hydrogens (tertiary/aromatic N) is 4. The van der Waals surface area contributed by atoms with Crippen molar-refractivity contribution in [3.05, 3.63) is 60.2 Å². The summed E-state index contributed by atoms with van der Waals surface area (Å²) in [5.74, 6) is 0.642. The summed E-state index contributed by atoms with van der Waals surface area (Å²) < 4.78 is 10.5. The fourth-order valence-corrected chi connectivity index (χ4v) is 3.74. The Bertz CT molecular complexity index is 1070. The summed E-state index contributed by atoms with van der Waals surface area (Å²) in [6.07, 6.45) is -0.304. The van der Waals surface area contributed by atoms with Crippen molar-refractivity contribution in [3.8, 4) is 22.8 Å². The van der Waals surface area contributed by atoms with Crippen LogP contribution in [0.3, 0.4) is 0 Å². The lowest BCUT2D eigenvalue weighted by atomic mass is 10.0. The summed E-state index contributed by atoms with van der Waals surface area (Å²) >= 11 is 0. The van der Waals surface area contributed by atoms with Crippen LogP contribution in [0.5, 0.6) is 0 Å². The number of aromatic nitrogens is 2. The van der Waals surface area contributed by atoms with Gasteiger partial charge in [0.25, 0.3) is 11.8 Å². The van der Waals surface area contributed by atoms with Crippen LogP contribution in [0.25, 0.3) is 22.8 Å². The maximum atomic E-state index is 13.2. The predicted octanol–water partition coefficient (Wildman–Crippen LogP) is 2.68. The zero-order valence-electron chi connectivity index (χ0n) is 15.5. The minimum atomic E-state index is -0.304. The van der Waals surface area contributed by atoms with Crippen molar-refractivity contribution in [2.45, 2.75) is 6.04 Å². The van der Waals surface area contributed by atoms with Gasteiger partial charge in [0, 0.05) is 25.2 Å². The van der Waals surface area contributed by atoms with Crippen LogP contribution in [0.4, 0.5) is 4.79 Å². The van der Waals surface area contributed by atoms with Gasteiger partial charge >= 0.3 is 6.09 Å². The molecule has 8 heteroatoms. The highest BCUT2D eigenvalue weighted by atomic mass is 16.6. The molecule has 1 aromatic heterocycles. The maximum absolute atomic E-state index is 13.2. The number of amides is 2. The highest BCUT2D eigenvalue weighted by molar-refractivity contribution is 6.00. The molecule has 3 aromatic rings. The molecule has 8 nitrogen and oxygen atoms in total. The Morgan fingerprint density at radius 1 is 1.03 bits per heavy atom. The smallest absolute Gasteiger partial charge is 0.410 e. The van der Waals surface area contributed by atoms with E-state index in [9.17, 15) is 9.59 Å². The Morgan fingerprint density at radius 2 is 1.83 bits per heavy atom. The van der Waals surface area contributed by atoms with Crippen LogP contribution in [0.1, 0.15) is 10.4 Å². The van der Waals surface area contributed by atoms with E-state index in [0.29, 0.717) is 49.1 Å². The van der Waals surface area contributed by atoms with Crippen molar-refractivity contribution < 1.29 is 18.8 Å². The van der Waals surface area contributed by atoms with Crippen LogP contribution in [0, 0.1) is 0 Å². The fourth-order valence-electron chi connectivity index (χ4n) is 3.74. The van der Waals surface area contributed by atoms with E-state index in [4.69, 9.17) is 9.26 Å². The molecule has 2 aliphatic heterocycles. The number of benzene rings is 2. The van der Waals surface area contributed by atoms with Gasteiger partial charge in [-0.1, -0.05) is 47.6 Å². The van der Waals surface area contributed by atoms with Gasteiger partial charge in [0.05, 0.1) is 17.2 Å². The molecule has 0 bridgehead atoms. The number of hydrogen-bond acceptors (Lipinski definition) is 6. The lowest BCUT2D eigenvalue weighted by Gasteiger charge is -2.35. The zero-order chi connectivity index (χ0) is 19.8. The van der Waals surface area contributed by atoms with Crippen molar-refractivity contribution in [2.75, 3.05) is 26.2 Å². The molecule has 0 saturated carbocycles. The topological polar surface area (TPSA) is 88.8 Å². The summed E-state index contributed by atoms with van der Waals surface area (Å²) in [4.78, 5) is 32.8. The van der Waals surface area contributed by atoms with E-state index in [1.165, 1.54) is 0 Å². The van der Waals surface area contributed by atoms with Gasteiger partial charge in [-0.3, -0.25) is 9.69 Å². The predicted molar refractivity (Wildman–Crippen MR) is 103 cm³/mol. The van der Waals surface area contributed by atoms with Crippen molar-refractivity contribution in [2.24, 2.45) is 0 Å². The molecule has 3 heterocycles. The maximum Gasteiger partial charge on any atom is 0.410 e. The van der Waals surface area contributed by atoms with Crippen LogP contribution in [-0.4, -0.2) is 64.2 Å². The fraction of sp³-hybridized carbons (Fsp3) is 0.238. The van der Waals surface area contributed by atoms with Gasteiger partial charge in [-0.25, -0.2) is 4.79 Å². The molecule has 2 fully saturated rings. The summed E-state index contributed by atoms with van der Waals surface area (Å²) in [6, 6.07) is 16.6. The molecule has 0 radical (unpaired) electrons. The minimum absolute atomic E-state index is 0.0968. The van der Waals surface area contributed by atoms with E-state index in [0.717, 1.165) is 5.56 Å². The Hall–Kier alpha value is -3.68. The van der Waals surface area contributed by atoms with E-state index in [-0.39, 0.29) is 18.0 Å². The number of rotatable bonds is 3. The molecule has 2 aliphatic rings. The number of hydrogen-bond donors (Lipinski definition) is 0. The SMILES string of the molecule is O=C(c1ccccc1-c1nc(-c2ccccc2)no1)N1CCN2C(=O)OCC2C1. The van der Waals surface area contributed by atoms with Crippen LogP contribution >= 0.6 is 0 Å². The molecule has 0 N–H and O–H groups in total. The standard InChI is InChI=1S/C21H18N4O4/c26-20(24-10-11-25-15(12-24)13-28-21(25)27)17-9-5-4-8-16(17)19-22-18(23-29-19)14-6-2-1-3-7-14/h1-9,15H,10-13H2. The largest absolute Gasteiger partial charge is 0.447 e. The van der Waals surface area contributed by atoms with Crippen LogP contribution in [0.2, 0.25) is 0 Å². The average Bonchev–Trinajstić information content (AvgIpc) is 3.41. The highest BCUT2D eigenvalue weighted by Crippen LogP contribution is 2.27. The second-order valence-corrected chi connectivity index (χ2v) is 7.01. The van der Waals surface area contributed by atoms with Crippen LogP contribution in [0.15, 0.2) is 59.1 Å². The Labute approximate surface area is 166 Å². The van der Waals surface area contributed by atoms with Crippen LogP contribution in [-0.2, 0) is 4.74 Å². The number of ether oxygens (including phenoxy) is 1. The average molecular weight is 390 g/mol. The van der Waals surface area contributed by atoms with E-state index in [1.54, 1.807) is 21.9 Å². The van der Waals surface area contributed by atoms with Crippen molar-refractivity contribution in [3.63, 3.8) is 0 Å². The molecule has 2 aromatic carbocycles. The number of carbonyl (C=O) groups excluding carboxylic acids is 2. The quantitative estimate of drug-likeness (QED) is 0.683. The third-order valence-electron chi connectivity index (χ3n) is 5.25. The van der Waals surface area contributed by atoms with E-state index < -0.39 is 0 Å². The zero-order valence-corrected chi connectivity index (χ0v) is 15.5. The summed E-state index contributed by atoms with van der Waals surface area (Å²) in [7, 11) is 0. The first kappa shape index (κ1) is 17.4. The third-order valence-corrected chi connectivity index (χ3v) is 5.25. The number of piperazine rings is 1. The van der Waals surface area contributed by atoms with Gasteiger partial charge in [0.2, 0.25) is 5.82 Å². The van der Waals surface area contributed by atoms with E-state index in [2.05, 4.69) is 10.1 Å². The first-order valence-electron chi connectivity index (χ1n) is 9.42. The van der Waals surface area contributed by atoms with Crippen molar-refractivity contribution >= 4 is 12.0 Å². The van der Waals surface area contributed by atoms with Crippen molar-refractivity contribution in [1.82, 2.24) is 19.9 Å². The second kappa shape index (κ2) is 7.05. The first-order valence-corrected chi connectivity index (χ1v) is 9.42. The van der Waals surface area contributed by atoms with Crippen LogP contribution < -0.4 is 0 Å². The Morgan fingerprint density at radius 3 is 2.69 bits per heavy atom. The molecule has 2 amide bonds. The molecule has 146 valence electrons. The lowest BCUT2D eigenvalue weighted by Crippen LogP contribution is -2.53. The first-order chi connectivity index (χ1) is 14.2. The molecular formula is C21H18N4O4. The number of fused-ring (bicyclic) bond motifs is 1. The summed E-state index contributed by atoms with van der Waals surface area (Å²) in [5, 5.41) is 4.06. The highest BCUT2D eigenvalue weighted by Gasteiger charge is 2.39. The van der Waals surface area contributed by atoms with E-state index >= 15 is 0 Å². The van der Waals surface area contributed by atoms with Crippen molar-refractivity contribution in [1.29, 1.82) is 0 Å². The molecule has 29 heavy (non-hydrogen) atoms. The van der Waals surface area contributed by atoms with Gasteiger partial charge in [0.15, 0.2) is 0 Å². The molecule has 1 unspecified atom stereocenters. The van der Waals surface area contributed by atoms with Gasteiger partial charge in [0.1, 0.15) is 6.61 Å². The summed E-state index contributed by atoms with van der Waals surface area (Å²) in [5.41, 5.74) is 1.93. The molecule has 5 rings (SSSR count). The number of carbonyl (C=O) groups is 2. The molecule has 0 spiro atoms. The normalized spacial score (nSPS) is 18.5. The third kappa shape index (κ3) is 3.12. The Balaban J connectivity index is 1.42.